The molecule has 0 unspecified atom stereocenters. The van der Waals surface area contributed by atoms with E-state index in [1.54, 1.807) is 12.4 Å². The summed E-state index contributed by atoms with van der Waals surface area (Å²) < 4.78 is 0. The van der Waals surface area contributed by atoms with Crippen LogP contribution in [0.2, 0.25) is 26.2 Å². The molecule has 4 rings (SSSR count). The Morgan fingerprint density at radius 3 is 1.09 bits per heavy atom. The van der Waals surface area contributed by atoms with Crippen LogP contribution < -0.4 is 10.4 Å². The summed E-state index contributed by atoms with van der Waals surface area (Å²) in [6, 6.07) is 20.2. The van der Waals surface area contributed by atoms with E-state index in [2.05, 4.69) is 70.4 Å². The smallest absolute Gasteiger partial charge is 0.0886 e. The van der Waals surface area contributed by atoms with Crippen LogP contribution in [0.4, 0.5) is 0 Å². The van der Waals surface area contributed by atoms with Crippen LogP contribution in [0.5, 0.6) is 0 Å². The Kier molecular flexibility index (Phi) is 14.3. The summed E-state index contributed by atoms with van der Waals surface area (Å²) in [7, 11) is -0.786. The number of hydrogen-bond donors (Lipinski definition) is 0. The van der Waals surface area contributed by atoms with Gasteiger partial charge in [-0.2, -0.15) is 0 Å². The van der Waals surface area contributed by atoms with E-state index < -0.39 is 17.6 Å². The van der Waals surface area contributed by atoms with Crippen molar-refractivity contribution in [3.63, 3.8) is 0 Å². The van der Waals surface area contributed by atoms with E-state index in [1.807, 2.05) is 48.8 Å². The van der Waals surface area contributed by atoms with Crippen molar-refractivity contribution in [3.05, 3.63) is 85.5 Å². The standard InChI is InChI=1S/2C12H13N2Si.2H2O.Ru/c2*1-15(2)10-6-7-12(14-9-10)11-5-3-4-8-13-11;;;/h2*3-9H,1-2H3;2*1H2;. The van der Waals surface area contributed by atoms with Crippen molar-refractivity contribution in [1.29, 1.82) is 0 Å². The first-order chi connectivity index (χ1) is 14.5. The Bertz CT molecular complexity index is 951. The Morgan fingerprint density at radius 1 is 0.485 bits per heavy atom. The van der Waals surface area contributed by atoms with Crippen LogP contribution >= 0.6 is 0 Å². The van der Waals surface area contributed by atoms with Crippen LogP contribution in [-0.4, -0.2) is 48.5 Å². The summed E-state index contributed by atoms with van der Waals surface area (Å²) in [5.74, 6) is 0. The van der Waals surface area contributed by atoms with E-state index >= 15 is 0 Å². The molecule has 0 aliphatic rings. The Morgan fingerprint density at radius 2 is 0.848 bits per heavy atom. The maximum Gasteiger partial charge on any atom is 0.0886 e. The van der Waals surface area contributed by atoms with Gasteiger partial charge in [-0.25, -0.2) is 0 Å². The summed E-state index contributed by atoms with van der Waals surface area (Å²) in [6.07, 6.45) is 7.52. The van der Waals surface area contributed by atoms with Crippen molar-refractivity contribution >= 4 is 28.0 Å². The van der Waals surface area contributed by atoms with Crippen molar-refractivity contribution in [2.75, 3.05) is 0 Å². The molecule has 0 bridgehead atoms. The maximum atomic E-state index is 4.43. The fraction of sp³-hybridized carbons (Fsp3) is 0.167. The molecule has 9 heteroatoms. The summed E-state index contributed by atoms with van der Waals surface area (Å²) in [5, 5.41) is 2.72. The molecular formula is C24H30N4O2RuSi2. The molecule has 0 amide bonds. The first-order valence-electron chi connectivity index (χ1n) is 9.90. The molecule has 0 fully saturated rings. The number of nitrogens with zero attached hydrogens (tertiary/aromatic N) is 4. The summed E-state index contributed by atoms with van der Waals surface area (Å²) >= 11 is 0. The van der Waals surface area contributed by atoms with E-state index in [0.29, 0.717) is 0 Å². The van der Waals surface area contributed by atoms with Crippen LogP contribution in [0.3, 0.4) is 0 Å². The molecule has 0 atom stereocenters. The van der Waals surface area contributed by atoms with E-state index in [-0.39, 0.29) is 30.4 Å². The van der Waals surface area contributed by atoms with Gasteiger partial charge < -0.3 is 11.0 Å². The minimum Gasteiger partial charge on any atom is -0.412 e. The summed E-state index contributed by atoms with van der Waals surface area (Å²) in [5.41, 5.74) is 3.76. The molecule has 0 saturated carbocycles. The molecule has 6 nitrogen and oxygen atoms in total. The molecule has 4 heterocycles. The van der Waals surface area contributed by atoms with E-state index in [4.69, 9.17) is 0 Å². The van der Waals surface area contributed by atoms with Crippen molar-refractivity contribution in [2.24, 2.45) is 0 Å². The van der Waals surface area contributed by atoms with Crippen molar-refractivity contribution < 1.29 is 30.4 Å². The number of rotatable bonds is 4. The van der Waals surface area contributed by atoms with E-state index in [9.17, 15) is 0 Å². The third kappa shape index (κ3) is 9.15. The van der Waals surface area contributed by atoms with Gasteiger partial charge in [0.15, 0.2) is 0 Å². The van der Waals surface area contributed by atoms with Gasteiger partial charge in [0.25, 0.3) is 0 Å². The third-order valence-electron chi connectivity index (χ3n) is 4.54. The number of hydrogen-bond acceptors (Lipinski definition) is 4. The second-order valence-electron chi connectivity index (χ2n) is 7.29. The third-order valence-corrected chi connectivity index (χ3v) is 7.44. The zero-order chi connectivity index (χ0) is 21.3. The molecule has 0 aliphatic carbocycles. The predicted molar refractivity (Wildman–Crippen MR) is 136 cm³/mol. The molecule has 4 N–H and O–H groups in total. The summed E-state index contributed by atoms with van der Waals surface area (Å²) in [4.78, 5) is 17.4. The predicted octanol–water partition coefficient (Wildman–Crippen LogP) is 2.56. The largest absolute Gasteiger partial charge is 0.412 e. The average Bonchev–Trinajstić information content (AvgIpc) is 2.81. The molecule has 174 valence electrons. The molecule has 0 aromatic carbocycles. The average molecular weight is 564 g/mol. The normalized spacial score (nSPS) is 9.64. The monoisotopic (exact) mass is 564 g/mol. The van der Waals surface area contributed by atoms with Crippen LogP contribution in [0.15, 0.2) is 85.5 Å². The van der Waals surface area contributed by atoms with Gasteiger partial charge in [-0.05, 0) is 46.8 Å². The van der Waals surface area contributed by atoms with Crippen LogP contribution in [-0.2, 0) is 19.5 Å². The molecule has 4 aromatic rings. The molecule has 2 radical (unpaired) electrons. The Balaban J connectivity index is 0.000000569. The number of pyridine rings is 4. The molecular weight excluding hydrogens is 534 g/mol. The van der Waals surface area contributed by atoms with Crippen molar-refractivity contribution in [3.8, 4) is 22.8 Å². The zero-order valence-corrected chi connectivity index (χ0v) is 23.0. The summed E-state index contributed by atoms with van der Waals surface area (Å²) in [6.45, 7) is 9.06. The van der Waals surface area contributed by atoms with Gasteiger partial charge in [0.1, 0.15) is 0 Å². The molecule has 33 heavy (non-hydrogen) atoms. The molecule has 4 aromatic heterocycles. The maximum absolute atomic E-state index is 4.43. The van der Waals surface area contributed by atoms with Gasteiger partial charge in [0.05, 0.1) is 40.4 Å². The zero-order valence-electron chi connectivity index (χ0n) is 19.2. The first-order valence-corrected chi connectivity index (χ1v) is 14.9. The van der Waals surface area contributed by atoms with Gasteiger partial charge >= 0.3 is 0 Å². The fourth-order valence-electron chi connectivity index (χ4n) is 2.71. The van der Waals surface area contributed by atoms with E-state index in [1.165, 1.54) is 10.4 Å². The first kappa shape index (κ1) is 30.6. The second-order valence-corrected chi connectivity index (χ2v) is 12.4. The van der Waals surface area contributed by atoms with Crippen LogP contribution in [0.1, 0.15) is 0 Å². The van der Waals surface area contributed by atoms with Crippen molar-refractivity contribution in [1.82, 2.24) is 19.9 Å². The van der Waals surface area contributed by atoms with Gasteiger partial charge in [-0.15, -0.1) is 0 Å². The fourth-order valence-corrected chi connectivity index (χ4v) is 4.19. The van der Waals surface area contributed by atoms with Crippen molar-refractivity contribution in [2.45, 2.75) is 26.2 Å². The minimum atomic E-state index is -0.393. The van der Waals surface area contributed by atoms with Gasteiger partial charge in [0.2, 0.25) is 0 Å². The van der Waals surface area contributed by atoms with Crippen LogP contribution in [0.25, 0.3) is 22.8 Å². The molecule has 0 saturated heterocycles. The molecule has 0 aliphatic heterocycles. The Labute approximate surface area is 212 Å². The SMILES string of the molecule is C[Si](C)c1ccc(-c2ccccn2)nc1.C[Si](C)c1ccc(-c2ccccn2)nc1.O.O.[Ru]. The number of aromatic nitrogens is 4. The van der Waals surface area contributed by atoms with Gasteiger partial charge in [-0.1, -0.05) is 50.5 Å². The van der Waals surface area contributed by atoms with E-state index in [0.717, 1.165) is 22.8 Å². The van der Waals surface area contributed by atoms with Gasteiger partial charge in [0, 0.05) is 44.3 Å². The second kappa shape index (κ2) is 15.4. The Hall–Kier alpha value is -2.42. The quantitative estimate of drug-likeness (QED) is 0.355. The van der Waals surface area contributed by atoms with Crippen LogP contribution in [0, 0.1) is 0 Å². The minimum absolute atomic E-state index is 0. The van der Waals surface area contributed by atoms with Gasteiger partial charge in [-0.3, -0.25) is 19.9 Å². The molecule has 0 spiro atoms. The topological polar surface area (TPSA) is 115 Å².